The van der Waals surface area contributed by atoms with Crippen LogP contribution >= 0.6 is 0 Å². The van der Waals surface area contributed by atoms with Crippen LogP contribution in [0.4, 0.5) is 0 Å². The van der Waals surface area contributed by atoms with Gasteiger partial charge in [0.05, 0.1) is 6.20 Å². The predicted molar refractivity (Wildman–Crippen MR) is 124 cm³/mol. The Labute approximate surface area is 186 Å². The molecule has 6 rings (SSSR count). The number of carbonyl (C=O) groups excluding carboxylic acids is 1. The molecule has 160 valence electrons. The lowest BCUT2D eigenvalue weighted by Crippen LogP contribution is -2.30. The van der Waals surface area contributed by atoms with E-state index in [1.54, 1.807) is 12.5 Å². The maximum Gasteiger partial charge on any atom is 0.225 e. The van der Waals surface area contributed by atoms with Crippen molar-refractivity contribution in [1.29, 1.82) is 0 Å². The van der Waals surface area contributed by atoms with Crippen molar-refractivity contribution in [3.63, 3.8) is 0 Å². The predicted octanol–water partition coefficient (Wildman–Crippen LogP) is 4.42. The van der Waals surface area contributed by atoms with Crippen LogP contribution in [0.1, 0.15) is 19.3 Å². The summed E-state index contributed by atoms with van der Waals surface area (Å²) in [6, 6.07) is 18.9. The number of imidazole rings is 1. The maximum atomic E-state index is 12.5. The summed E-state index contributed by atoms with van der Waals surface area (Å²) in [5, 5.41) is 0. The van der Waals surface area contributed by atoms with E-state index in [2.05, 4.69) is 68.0 Å². The van der Waals surface area contributed by atoms with E-state index in [1.807, 2.05) is 6.07 Å². The van der Waals surface area contributed by atoms with Crippen LogP contribution in [-0.2, 0) is 11.3 Å². The first-order valence-electron chi connectivity index (χ1n) is 11.4. The number of likely N-dealkylation sites (tertiary alicyclic amines) is 1. The van der Waals surface area contributed by atoms with Crippen molar-refractivity contribution in [2.24, 2.45) is 11.8 Å². The van der Waals surface area contributed by atoms with Crippen LogP contribution in [0.15, 0.2) is 67.1 Å². The molecule has 4 aromatic rings. The highest BCUT2D eigenvalue weighted by molar-refractivity contribution is 5.81. The molecule has 1 amide bonds. The Balaban J connectivity index is 1.30. The highest BCUT2D eigenvalue weighted by Crippen LogP contribution is 2.34. The van der Waals surface area contributed by atoms with Gasteiger partial charge < -0.3 is 9.47 Å². The summed E-state index contributed by atoms with van der Waals surface area (Å²) >= 11 is 0. The van der Waals surface area contributed by atoms with Crippen LogP contribution in [-0.4, -0.2) is 43.4 Å². The lowest BCUT2D eigenvalue weighted by molar-refractivity contribution is -0.131. The summed E-state index contributed by atoms with van der Waals surface area (Å²) in [7, 11) is 0. The number of carbonyl (C=O) groups is 1. The summed E-state index contributed by atoms with van der Waals surface area (Å²) in [6.07, 6.45) is 6.51. The molecule has 1 aliphatic carbocycles. The molecule has 0 radical (unpaired) electrons. The number of rotatable bonds is 5. The summed E-state index contributed by atoms with van der Waals surface area (Å²) in [5.74, 6) is 1.95. The zero-order chi connectivity index (χ0) is 21.5. The molecule has 2 aromatic carbocycles. The molecule has 32 heavy (non-hydrogen) atoms. The van der Waals surface area contributed by atoms with Crippen LogP contribution in [0.3, 0.4) is 0 Å². The minimum absolute atomic E-state index is 0.286. The smallest absolute Gasteiger partial charge is 0.225 e. The molecular formula is C26H25N5O. The summed E-state index contributed by atoms with van der Waals surface area (Å²) < 4.78 is 2.21. The molecule has 0 spiro atoms. The van der Waals surface area contributed by atoms with Crippen molar-refractivity contribution in [1.82, 2.24) is 24.4 Å². The van der Waals surface area contributed by atoms with E-state index in [-0.39, 0.29) is 5.92 Å². The van der Waals surface area contributed by atoms with Crippen LogP contribution in [0, 0.1) is 11.8 Å². The Morgan fingerprint density at radius 2 is 1.69 bits per heavy atom. The van der Waals surface area contributed by atoms with Gasteiger partial charge in [0, 0.05) is 31.1 Å². The van der Waals surface area contributed by atoms with Crippen molar-refractivity contribution < 1.29 is 4.79 Å². The molecule has 6 heteroatoms. The van der Waals surface area contributed by atoms with Gasteiger partial charge in [-0.05, 0) is 36.3 Å². The Morgan fingerprint density at radius 3 is 2.47 bits per heavy atom. The molecule has 2 aromatic heterocycles. The topological polar surface area (TPSA) is 63.9 Å². The zero-order valence-corrected chi connectivity index (χ0v) is 17.9. The van der Waals surface area contributed by atoms with Crippen molar-refractivity contribution in [2.75, 3.05) is 13.1 Å². The average Bonchev–Trinajstić information content (AvgIpc) is 3.49. The normalized spacial score (nSPS) is 18.4. The number of nitrogens with zero attached hydrogens (tertiary/aromatic N) is 5. The molecule has 1 atom stereocenters. The third-order valence-electron chi connectivity index (χ3n) is 6.63. The average molecular weight is 424 g/mol. The van der Waals surface area contributed by atoms with Crippen molar-refractivity contribution >= 4 is 17.1 Å². The summed E-state index contributed by atoms with van der Waals surface area (Å²) in [5.41, 5.74) is 5.10. The Hall–Kier alpha value is -3.54. The van der Waals surface area contributed by atoms with Gasteiger partial charge in [-0.1, -0.05) is 54.6 Å². The van der Waals surface area contributed by atoms with Crippen molar-refractivity contribution in [3.05, 3.63) is 67.1 Å². The quantitative estimate of drug-likeness (QED) is 0.477. The molecule has 2 aliphatic rings. The van der Waals surface area contributed by atoms with Gasteiger partial charge in [0.1, 0.15) is 17.7 Å². The van der Waals surface area contributed by atoms with Gasteiger partial charge in [-0.2, -0.15) is 0 Å². The van der Waals surface area contributed by atoms with E-state index < -0.39 is 0 Å². The molecule has 1 saturated heterocycles. The van der Waals surface area contributed by atoms with Crippen LogP contribution in [0.5, 0.6) is 0 Å². The number of aromatic nitrogens is 4. The first-order chi connectivity index (χ1) is 15.8. The molecule has 0 N–H and O–H groups in total. The SMILES string of the molecule is O=C(C1CC1)N1CC[C@@H](Cn2c(-c3ccc(-c4ccccc4)cc3)nc3cncnc32)C1. The largest absolute Gasteiger partial charge is 0.342 e. The van der Waals surface area contributed by atoms with E-state index in [9.17, 15) is 4.79 Å². The molecule has 0 unspecified atom stereocenters. The van der Waals surface area contributed by atoms with E-state index >= 15 is 0 Å². The fourth-order valence-electron chi connectivity index (χ4n) is 4.74. The van der Waals surface area contributed by atoms with Gasteiger partial charge in [0.25, 0.3) is 0 Å². The second kappa shape index (κ2) is 7.86. The monoisotopic (exact) mass is 423 g/mol. The van der Waals surface area contributed by atoms with E-state index in [4.69, 9.17) is 4.98 Å². The first kappa shape index (κ1) is 19.2. The molecule has 3 heterocycles. The fraction of sp³-hybridized carbons (Fsp3) is 0.308. The Bertz CT molecular complexity index is 1260. The van der Waals surface area contributed by atoms with Crippen molar-refractivity contribution in [2.45, 2.75) is 25.8 Å². The molecule has 1 saturated carbocycles. The minimum atomic E-state index is 0.286. The highest BCUT2D eigenvalue weighted by Gasteiger charge is 2.36. The third kappa shape index (κ3) is 3.55. The number of hydrogen-bond donors (Lipinski definition) is 0. The third-order valence-corrected chi connectivity index (χ3v) is 6.63. The van der Waals surface area contributed by atoms with Crippen LogP contribution < -0.4 is 0 Å². The number of amides is 1. The number of hydrogen-bond acceptors (Lipinski definition) is 4. The fourth-order valence-corrected chi connectivity index (χ4v) is 4.74. The molecule has 6 nitrogen and oxygen atoms in total. The Morgan fingerprint density at radius 1 is 0.938 bits per heavy atom. The summed E-state index contributed by atoms with van der Waals surface area (Å²) in [6.45, 7) is 2.49. The van der Waals surface area contributed by atoms with Gasteiger partial charge in [0.2, 0.25) is 5.91 Å². The van der Waals surface area contributed by atoms with Gasteiger partial charge in [0.15, 0.2) is 5.65 Å². The van der Waals surface area contributed by atoms with Crippen molar-refractivity contribution in [3.8, 4) is 22.5 Å². The van der Waals surface area contributed by atoms with E-state index in [0.29, 0.717) is 11.8 Å². The molecular weight excluding hydrogens is 398 g/mol. The molecule has 1 aliphatic heterocycles. The van der Waals surface area contributed by atoms with Crippen LogP contribution in [0.2, 0.25) is 0 Å². The van der Waals surface area contributed by atoms with Gasteiger partial charge in [-0.15, -0.1) is 0 Å². The zero-order valence-electron chi connectivity index (χ0n) is 17.9. The summed E-state index contributed by atoms with van der Waals surface area (Å²) in [4.78, 5) is 28.1. The minimum Gasteiger partial charge on any atom is -0.342 e. The van der Waals surface area contributed by atoms with E-state index in [0.717, 1.165) is 61.4 Å². The molecule has 0 bridgehead atoms. The number of benzene rings is 2. The van der Waals surface area contributed by atoms with Gasteiger partial charge in [-0.3, -0.25) is 4.79 Å². The highest BCUT2D eigenvalue weighted by atomic mass is 16.2. The first-order valence-corrected chi connectivity index (χ1v) is 11.4. The second-order valence-corrected chi connectivity index (χ2v) is 8.93. The molecule has 2 fully saturated rings. The van der Waals surface area contributed by atoms with Gasteiger partial charge in [-0.25, -0.2) is 15.0 Å². The van der Waals surface area contributed by atoms with Gasteiger partial charge >= 0.3 is 0 Å². The Kier molecular flexibility index (Phi) is 4.71. The maximum absolute atomic E-state index is 12.5. The lowest BCUT2D eigenvalue weighted by Gasteiger charge is -2.17. The van der Waals surface area contributed by atoms with Crippen LogP contribution in [0.25, 0.3) is 33.7 Å². The lowest BCUT2D eigenvalue weighted by atomic mass is 10.0. The number of fused-ring (bicyclic) bond motifs is 1. The second-order valence-electron chi connectivity index (χ2n) is 8.93. The standard InChI is InChI=1S/C26H25N5O/c32-26(22-10-11-22)30-13-12-18(15-30)16-31-24(29-23-14-27-17-28-25(23)31)21-8-6-20(7-9-21)19-4-2-1-3-5-19/h1-9,14,17-18,22H,10-13,15-16H2/t18-/m1/s1. The van der Waals surface area contributed by atoms with E-state index in [1.165, 1.54) is 11.1 Å².